The zero-order valence-corrected chi connectivity index (χ0v) is 17.5. The summed E-state index contributed by atoms with van der Waals surface area (Å²) in [6, 6.07) is 5.33. The molecule has 1 aliphatic rings. The van der Waals surface area contributed by atoms with Gasteiger partial charge in [-0.3, -0.25) is 9.59 Å². The highest BCUT2D eigenvalue weighted by Crippen LogP contribution is 2.27. The predicted molar refractivity (Wildman–Crippen MR) is 119 cm³/mol. The monoisotopic (exact) mass is 422 g/mol. The van der Waals surface area contributed by atoms with Crippen LogP contribution in [0.4, 0.5) is 14.9 Å². The number of benzene rings is 1. The van der Waals surface area contributed by atoms with Crippen LogP contribution in [0.2, 0.25) is 0 Å². The molecule has 0 fully saturated rings. The summed E-state index contributed by atoms with van der Waals surface area (Å²) in [6.07, 6.45) is 5.34. The van der Waals surface area contributed by atoms with Crippen LogP contribution >= 0.6 is 0 Å². The van der Waals surface area contributed by atoms with E-state index in [1.165, 1.54) is 42.4 Å². The lowest BCUT2D eigenvalue weighted by Crippen LogP contribution is -2.49. The fourth-order valence-electron chi connectivity index (χ4n) is 3.20. The lowest BCUT2D eigenvalue weighted by atomic mass is 9.97. The van der Waals surface area contributed by atoms with Crippen molar-refractivity contribution in [1.29, 1.82) is 0 Å². The Kier molecular flexibility index (Phi) is 6.20. The van der Waals surface area contributed by atoms with E-state index in [2.05, 4.69) is 22.2 Å². The van der Waals surface area contributed by atoms with Crippen LogP contribution in [0.3, 0.4) is 0 Å². The number of carbonyl (C=O) groups excluding carboxylic acids is 2. The lowest BCUT2D eigenvalue weighted by molar-refractivity contribution is -0.113. The summed E-state index contributed by atoms with van der Waals surface area (Å²) in [5.74, 6) is -0.921. The van der Waals surface area contributed by atoms with E-state index in [0.717, 1.165) is 5.56 Å². The molecule has 1 aliphatic heterocycles. The minimum Gasteiger partial charge on any atom is -0.327 e. The van der Waals surface area contributed by atoms with Gasteiger partial charge in [0.1, 0.15) is 5.83 Å². The molecule has 3 N–H and O–H groups in total. The largest absolute Gasteiger partial charge is 0.327 e. The van der Waals surface area contributed by atoms with E-state index in [4.69, 9.17) is 0 Å². The molecule has 0 unspecified atom stereocenters. The molecular weight excluding hydrogens is 399 g/mol. The normalized spacial score (nSPS) is 17.0. The third kappa shape index (κ3) is 4.63. The Morgan fingerprint density at radius 1 is 1.23 bits per heavy atom. The fraction of sp³-hybridized carbons (Fsp3) is 0.174. The first-order chi connectivity index (χ1) is 14.7. The Morgan fingerprint density at radius 3 is 2.68 bits per heavy atom. The number of amides is 3. The minimum atomic E-state index is -0.834. The first-order valence-corrected chi connectivity index (χ1v) is 9.59. The van der Waals surface area contributed by atoms with E-state index in [1.54, 1.807) is 25.1 Å². The molecule has 0 spiro atoms. The van der Waals surface area contributed by atoms with Crippen molar-refractivity contribution in [2.75, 3.05) is 12.4 Å². The average Bonchev–Trinajstić information content (AvgIpc) is 2.75. The highest BCUT2D eigenvalue weighted by Gasteiger charge is 2.30. The van der Waals surface area contributed by atoms with Crippen LogP contribution in [0.1, 0.15) is 12.5 Å². The van der Waals surface area contributed by atoms with Crippen LogP contribution in [-0.4, -0.2) is 34.9 Å². The van der Waals surface area contributed by atoms with E-state index >= 15 is 0 Å². The second-order valence-corrected chi connectivity index (χ2v) is 7.16. The van der Waals surface area contributed by atoms with Gasteiger partial charge in [-0.2, -0.15) is 0 Å². The maximum atomic E-state index is 13.5. The first kappa shape index (κ1) is 21.8. The Morgan fingerprint density at radius 2 is 1.97 bits per heavy atom. The number of halogens is 1. The predicted octanol–water partition coefficient (Wildman–Crippen LogP) is 3.67. The number of fused-ring (bicyclic) bond motifs is 1. The van der Waals surface area contributed by atoms with Crippen molar-refractivity contribution < 1.29 is 14.0 Å². The smallest absolute Gasteiger partial charge is 0.321 e. The molecule has 1 aromatic carbocycles. The van der Waals surface area contributed by atoms with Crippen LogP contribution in [0.15, 0.2) is 77.0 Å². The summed E-state index contributed by atoms with van der Waals surface area (Å²) >= 11 is 0. The molecule has 31 heavy (non-hydrogen) atoms. The molecule has 1 aromatic heterocycles. The van der Waals surface area contributed by atoms with Crippen molar-refractivity contribution in [2.45, 2.75) is 19.9 Å². The van der Waals surface area contributed by atoms with Crippen molar-refractivity contribution in [3.05, 3.63) is 88.2 Å². The van der Waals surface area contributed by atoms with Crippen LogP contribution in [0.25, 0.3) is 10.9 Å². The van der Waals surface area contributed by atoms with Crippen LogP contribution in [-0.2, 0) is 4.79 Å². The highest BCUT2D eigenvalue weighted by molar-refractivity contribution is 6.10. The zero-order valence-electron chi connectivity index (χ0n) is 17.5. The van der Waals surface area contributed by atoms with Gasteiger partial charge in [-0.25, -0.2) is 9.18 Å². The van der Waals surface area contributed by atoms with E-state index < -0.39 is 23.8 Å². The molecule has 2 aromatic rings. The summed E-state index contributed by atoms with van der Waals surface area (Å²) in [7, 11) is 1.52. The van der Waals surface area contributed by atoms with E-state index in [0.29, 0.717) is 22.2 Å². The number of urea groups is 1. The van der Waals surface area contributed by atoms with Gasteiger partial charge in [0, 0.05) is 24.7 Å². The fourth-order valence-corrected chi connectivity index (χ4v) is 3.20. The molecule has 0 bridgehead atoms. The van der Waals surface area contributed by atoms with Crippen LogP contribution < -0.4 is 16.2 Å². The quantitative estimate of drug-likeness (QED) is 0.642. The number of aryl methyl sites for hydroxylation is 1. The summed E-state index contributed by atoms with van der Waals surface area (Å²) in [6.45, 7) is 7.28. The number of aromatic nitrogens is 1. The number of carbonyl (C=O) groups is 2. The molecule has 3 amide bonds. The Labute approximate surface area is 178 Å². The molecule has 0 radical (unpaired) electrons. The molecule has 0 saturated heterocycles. The summed E-state index contributed by atoms with van der Waals surface area (Å²) < 4.78 is 13.5. The Hall–Kier alpha value is -3.94. The van der Waals surface area contributed by atoms with Crippen molar-refractivity contribution >= 4 is 28.5 Å². The highest BCUT2D eigenvalue weighted by atomic mass is 19.1. The number of hydrogen-bond acceptors (Lipinski definition) is 3. The Balaban J connectivity index is 1.97. The third-order valence-corrected chi connectivity index (χ3v) is 4.95. The number of nitrogens with zero attached hydrogens (tertiary/aromatic N) is 1. The van der Waals surface area contributed by atoms with Gasteiger partial charge in [0.15, 0.2) is 0 Å². The molecular formula is C23H23FN4O3. The number of nitrogens with one attached hydrogen (secondary N) is 3. The summed E-state index contributed by atoms with van der Waals surface area (Å²) in [4.78, 5) is 41.0. The number of allylic oxidation sites excluding steroid dienone is 3. The molecule has 0 saturated carbocycles. The zero-order chi connectivity index (χ0) is 22.7. The topological polar surface area (TPSA) is 94.3 Å². The number of aromatic amines is 1. The van der Waals surface area contributed by atoms with Crippen LogP contribution in [0, 0.1) is 6.92 Å². The standard InChI is InChI=1S/C23H23FN4O3/c1-5-15(24)8-6-13(2)21-17(12-28(4)23(31)27-21)22(30)26-20-14(3)7-10-18-16(20)9-11-19(29)25-18/h5-12,21H,2H2,1,3-4H3,(H,25,29)(H,26,30)(H,27,31)/b8-6-,15-5+/t21-/m0/s1. The number of anilines is 1. The summed E-state index contributed by atoms with van der Waals surface area (Å²) in [5, 5.41) is 6.26. The maximum absolute atomic E-state index is 13.5. The van der Waals surface area contributed by atoms with Gasteiger partial charge in [-0.1, -0.05) is 24.8 Å². The molecule has 0 aliphatic carbocycles. The molecule has 1 atom stereocenters. The first-order valence-electron chi connectivity index (χ1n) is 9.59. The molecule has 3 rings (SSSR count). The third-order valence-electron chi connectivity index (χ3n) is 4.95. The van der Waals surface area contributed by atoms with Crippen molar-refractivity contribution in [1.82, 2.24) is 15.2 Å². The Bertz CT molecular complexity index is 1220. The molecule has 7 nitrogen and oxygen atoms in total. The van der Waals surface area contributed by atoms with Gasteiger partial charge in [0.05, 0.1) is 22.8 Å². The van der Waals surface area contributed by atoms with E-state index in [9.17, 15) is 18.8 Å². The van der Waals surface area contributed by atoms with Crippen molar-refractivity contribution in [3.8, 4) is 0 Å². The van der Waals surface area contributed by atoms with E-state index in [1.807, 2.05) is 6.92 Å². The average molecular weight is 422 g/mol. The van der Waals surface area contributed by atoms with Crippen LogP contribution in [0.5, 0.6) is 0 Å². The van der Waals surface area contributed by atoms with E-state index in [-0.39, 0.29) is 11.1 Å². The van der Waals surface area contributed by atoms with Crippen molar-refractivity contribution in [3.63, 3.8) is 0 Å². The van der Waals surface area contributed by atoms with Crippen molar-refractivity contribution in [2.24, 2.45) is 0 Å². The molecule has 2 heterocycles. The number of rotatable bonds is 5. The second kappa shape index (κ2) is 8.83. The second-order valence-electron chi connectivity index (χ2n) is 7.16. The lowest BCUT2D eigenvalue weighted by Gasteiger charge is -2.30. The SMILES string of the molecule is C=C(/C=C\C(F)=C/C)[C@@H]1NC(=O)N(C)C=C1C(=O)Nc1c(C)ccc2[nH]c(=O)ccc12. The molecule has 8 heteroatoms. The van der Waals surface area contributed by atoms with Gasteiger partial charge < -0.3 is 20.5 Å². The van der Waals surface area contributed by atoms with Gasteiger partial charge >= 0.3 is 6.03 Å². The number of hydrogen-bond donors (Lipinski definition) is 3. The van der Waals surface area contributed by atoms with Gasteiger partial charge in [0.2, 0.25) is 5.56 Å². The van der Waals surface area contributed by atoms with Gasteiger partial charge in [0.25, 0.3) is 5.91 Å². The van der Waals surface area contributed by atoms with Gasteiger partial charge in [-0.15, -0.1) is 0 Å². The number of H-pyrrole nitrogens is 1. The number of pyridine rings is 1. The summed E-state index contributed by atoms with van der Waals surface area (Å²) in [5.41, 5.74) is 2.26. The minimum absolute atomic E-state index is 0.235. The maximum Gasteiger partial charge on any atom is 0.321 e. The molecule has 160 valence electrons. The van der Waals surface area contributed by atoms with Gasteiger partial charge in [-0.05, 0) is 43.2 Å².